The Morgan fingerprint density at radius 2 is 1.94 bits per heavy atom. The number of benzene rings is 1. The number of carbonyl (C=O) groups is 1. The molecule has 3 heterocycles. The first-order chi connectivity index (χ1) is 15.3. The lowest BCUT2D eigenvalue weighted by Gasteiger charge is -2.20. The van der Waals surface area contributed by atoms with Gasteiger partial charge in [0, 0.05) is 48.0 Å². The van der Waals surface area contributed by atoms with Gasteiger partial charge < -0.3 is 15.0 Å². The maximum Gasteiger partial charge on any atom is 0.487 e. The highest BCUT2D eigenvalue weighted by Gasteiger charge is 2.28. The third kappa shape index (κ3) is 6.32. The van der Waals surface area contributed by atoms with E-state index in [1.807, 2.05) is 4.90 Å². The molecule has 3 aromatic rings. The van der Waals surface area contributed by atoms with Crippen molar-refractivity contribution in [3.8, 4) is 17.0 Å². The van der Waals surface area contributed by atoms with E-state index in [9.17, 15) is 18.0 Å². The molecule has 174 valence electrons. The molecule has 33 heavy (non-hydrogen) atoms. The van der Waals surface area contributed by atoms with Crippen LogP contribution in [0.5, 0.6) is 5.75 Å². The molecule has 1 saturated heterocycles. The normalized spacial score (nSPS) is 15.6. The van der Waals surface area contributed by atoms with Gasteiger partial charge in [0.15, 0.2) is 0 Å². The van der Waals surface area contributed by atoms with Crippen LogP contribution in [0.1, 0.15) is 16.8 Å². The molecule has 0 spiro atoms. The smallest absolute Gasteiger partial charge is 0.420 e. The minimum atomic E-state index is -3.83. The van der Waals surface area contributed by atoms with Crippen molar-refractivity contribution in [3.63, 3.8) is 0 Å². The van der Waals surface area contributed by atoms with Gasteiger partial charge in [-0.05, 0) is 36.8 Å². The number of alkyl halides is 4. The van der Waals surface area contributed by atoms with Gasteiger partial charge in [-0.25, -0.2) is 9.37 Å². The number of pyridine rings is 1. The fourth-order valence-corrected chi connectivity index (χ4v) is 3.40. The summed E-state index contributed by atoms with van der Waals surface area (Å²) in [6.07, 6.45) is 5.42. The van der Waals surface area contributed by atoms with Crippen molar-refractivity contribution in [1.29, 1.82) is 0 Å². The second-order valence-corrected chi connectivity index (χ2v) is 7.48. The van der Waals surface area contributed by atoms with E-state index in [4.69, 9.17) is 11.6 Å². The Morgan fingerprint density at radius 1 is 1.18 bits per heavy atom. The van der Waals surface area contributed by atoms with E-state index in [-0.39, 0.29) is 34.8 Å². The Hall–Kier alpha value is -2.92. The number of nitrogens with one attached hydrogen (secondary N) is 1. The van der Waals surface area contributed by atoms with Crippen LogP contribution < -0.4 is 15.0 Å². The van der Waals surface area contributed by atoms with Crippen LogP contribution in [-0.4, -0.2) is 45.7 Å². The molecule has 7 nitrogen and oxygen atoms in total. The van der Waals surface area contributed by atoms with Crippen molar-refractivity contribution in [2.45, 2.75) is 18.2 Å². The summed E-state index contributed by atoms with van der Waals surface area (Å²) in [6, 6.07) is 6.90. The van der Waals surface area contributed by atoms with Crippen molar-refractivity contribution < 1.29 is 22.7 Å². The number of nitrogens with zero attached hydrogens (tertiary/aromatic N) is 4. The van der Waals surface area contributed by atoms with Crippen LogP contribution in [0, 0.1) is 0 Å². The predicted molar refractivity (Wildman–Crippen MR) is 123 cm³/mol. The summed E-state index contributed by atoms with van der Waals surface area (Å²) in [5.74, 6) is -0.114. The Balaban J connectivity index is 0.00000306. The quantitative estimate of drug-likeness (QED) is 0.436. The molecule has 1 N–H and O–H groups in total. The van der Waals surface area contributed by atoms with E-state index in [1.165, 1.54) is 49.1 Å². The Bertz CT molecular complexity index is 1100. The molecule has 1 fully saturated rings. The zero-order valence-electron chi connectivity index (χ0n) is 16.9. The van der Waals surface area contributed by atoms with E-state index < -0.39 is 17.6 Å². The number of aromatic nitrogens is 3. The third-order valence-electron chi connectivity index (χ3n) is 4.74. The maximum atomic E-state index is 13.7. The van der Waals surface area contributed by atoms with Crippen LogP contribution >= 0.6 is 28.6 Å². The topological polar surface area (TPSA) is 80.2 Å². The van der Waals surface area contributed by atoms with Gasteiger partial charge in [-0.2, -0.15) is 0 Å². The summed E-state index contributed by atoms with van der Waals surface area (Å²) in [7, 11) is 0. The molecule has 0 unspecified atom stereocenters. The molecule has 2 aromatic heterocycles. The minimum Gasteiger partial charge on any atom is -0.420 e. The van der Waals surface area contributed by atoms with Gasteiger partial charge in [0.05, 0.1) is 24.0 Å². The number of hydrogen-bond acceptors (Lipinski definition) is 6. The average molecular weight is 545 g/mol. The summed E-state index contributed by atoms with van der Waals surface area (Å²) in [5.41, 5.74) is -2.20. The van der Waals surface area contributed by atoms with Gasteiger partial charge in [-0.15, -0.1) is 25.8 Å². The average Bonchev–Trinajstić information content (AvgIpc) is 3.20. The zero-order chi connectivity index (χ0) is 22.7. The van der Waals surface area contributed by atoms with Gasteiger partial charge >= 0.3 is 5.57 Å². The summed E-state index contributed by atoms with van der Waals surface area (Å²) in [4.78, 5) is 27.3. The molecule has 1 aliphatic rings. The highest BCUT2D eigenvalue weighted by atomic mass is 79.9. The molecular formula is C21H18BrClF3N5O2. The van der Waals surface area contributed by atoms with Gasteiger partial charge in [-0.3, -0.25) is 14.8 Å². The number of amides is 1. The lowest BCUT2D eigenvalue weighted by Crippen LogP contribution is -2.23. The molecule has 0 saturated carbocycles. The number of anilines is 2. The minimum absolute atomic E-state index is 0. The second kappa shape index (κ2) is 10.3. The summed E-state index contributed by atoms with van der Waals surface area (Å²) in [5, 5.41) is 2.66. The lowest BCUT2D eigenvalue weighted by molar-refractivity contribution is -0.0964. The number of carbonyl (C=O) groups excluding carboxylic acids is 1. The molecule has 1 aliphatic heterocycles. The van der Waals surface area contributed by atoms with Gasteiger partial charge in [-0.1, -0.05) is 0 Å². The van der Waals surface area contributed by atoms with Crippen molar-refractivity contribution in [3.05, 3.63) is 60.7 Å². The first-order valence-electron chi connectivity index (χ1n) is 9.61. The third-order valence-corrected chi connectivity index (χ3v) is 4.82. The summed E-state index contributed by atoms with van der Waals surface area (Å²) >= 11 is 4.74. The number of halogens is 5. The van der Waals surface area contributed by atoms with E-state index >= 15 is 0 Å². The fraction of sp³-hybridized carbons (Fsp3) is 0.238. The Kier molecular flexibility index (Phi) is 7.75. The van der Waals surface area contributed by atoms with E-state index in [0.29, 0.717) is 35.7 Å². The van der Waals surface area contributed by atoms with Crippen molar-refractivity contribution in [2.75, 3.05) is 23.3 Å². The first kappa shape index (κ1) is 24.7. The Morgan fingerprint density at radius 3 is 2.55 bits per heavy atom. The van der Waals surface area contributed by atoms with Gasteiger partial charge in [0.2, 0.25) is 0 Å². The number of hydrogen-bond donors (Lipinski definition) is 1. The monoisotopic (exact) mass is 543 g/mol. The first-order valence-corrected chi connectivity index (χ1v) is 9.99. The van der Waals surface area contributed by atoms with Crippen LogP contribution in [0.15, 0.2) is 55.1 Å². The standard InChI is InChI=1S/C21H17ClF3N5O2.BrH/c22-21(24,25)32-16-3-1-15(2-4-16)29-20(31)13-9-17(18-11-26-6-7-27-18)19(28-10-13)30-8-5-14(23)12-30;/h1-4,6-7,9-11,14H,5,8,12H2,(H,29,31);1H/t14-;/m1./s1. The van der Waals surface area contributed by atoms with Crippen LogP contribution in [-0.2, 0) is 0 Å². The van der Waals surface area contributed by atoms with Crippen LogP contribution in [0.25, 0.3) is 11.3 Å². The zero-order valence-corrected chi connectivity index (χ0v) is 19.4. The Labute approximate surface area is 202 Å². The predicted octanol–water partition coefficient (Wildman–Crippen LogP) is 5.08. The molecule has 0 aliphatic carbocycles. The molecule has 1 atom stereocenters. The second-order valence-electron chi connectivity index (χ2n) is 7.04. The molecule has 4 rings (SSSR count). The molecule has 12 heteroatoms. The van der Waals surface area contributed by atoms with Gasteiger partial charge in [0.1, 0.15) is 17.7 Å². The number of ether oxygens (including phenoxy) is 1. The molecule has 1 amide bonds. The van der Waals surface area contributed by atoms with Crippen LogP contribution in [0.2, 0.25) is 0 Å². The van der Waals surface area contributed by atoms with Crippen molar-refractivity contribution in [1.82, 2.24) is 15.0 Å². The van der Waals surface area contributed by atoms with E-state index in [0.717, 1.165) is 0 Å². The molecule has 0 radical (unpaired) electrons. The molecule has 0 bridgehead atoms. The molecular weight excluding hydrogens is 527 g/mol. The lowest BCUT2D eigenvalue weighted by atomic mass is 10.1. The molecule has 1 aromatic carbocycles. The number of rotatable bonds is 6. The van der Waals surface area contributed by atoms with Gasteiger partial charge in [0.25, 0.3) is 5.91 Å². The van der Waals surface area contributed by atoms with E-state index in [2.05, 4.69) is 25.0 Å². The summed E-state index contributed by atoms with van der Waals surface area (Å²) < 4.78 is 43.4. The largest absolute Gasteiger partial charge is 0.487 e. The van der Waals surface area contributed by atoms with Crippen LogP contribution in [0.4, 0.5) is 24.7 Å². The summed E-state index contributed by atoms with van der Waals surface area (Å²) in [6.45, 7) is 0.713. The SMILES string of the molecule is Br.O=C(Nc1ccc(OC(F)(F)Cl)cc1)c1cnc(N2CC[C@@H](F)C2)c(-c2cnccn2)c1. The highest BCUT2D eigenvalue weighted by molar-refractivity contribution is 8.93. The van der Waals surface area contributed by atoms with Crippen LogP contribution in [0.3, 0.4) is 0 Å². The van der Waals surface area contributed by atoms with Crippen molar-refractivity contribution >= 4 is 46.0 Å². The van der Waals surface area contributed by atoms with Crippen molar-refractivity contribution in [2.24, 2.45) is 0 Å². The maximum absolute atomic E-state index is 13.7. The highest BCUT2D eigenvalue weighted by Crippen LogP contribution is 2.31. The van der Waals surface area contributed by atoms with E-state index in [1.54, 1.807) is 6.07 Å². The fourth-order valence-electron chi connectivity index (χ4n) is 3.31.